The fourth-order valence-electron chi connectivity index (χ4n) is 3.40. The lowest BCUT2D eigenvalue weighted by molar-refractivity contribution is 0.0205. The van der Waals surface area contributed by atoms with Crippen molar-refractivity contribution in [1.82, 2.24) is 15.1 Å². The third-order valence-electron chi connectivity index (χ3n) is 4.69. The predicted octanol–water partition coefficient (Wildman–Crippen LogP) is 3.53. The van der Waals surface area contributed by atoms with Gasteiger partial charge in [-0.3, -0.25) is 0 Å². The molecule has 0 unspecified atom stereocenters. The largest absolute Gasteiger partial charge is 0.465 e. The van der Waals surface area contributed by atoms with Crippen LogP contribution in [-0.2, 0) is 9.47 Å². The molecule has 0 atom stereocenters. The Bertz CT molecular complexity index is 852. The van der Waals surface area contributed by atoms with Crippen molar-refractivity contribution in [2.45, 2.75) is 45.1 Å². The third kappa shape index (κ3) is 4.18. The lowest BCUT2D eigenvalue weighted by Gasteiger charge is -2.33. The summed E-state index contributed by atoms with van der Waals surface area (Å²) in [6.45, 7) is 6.85. The van der Waals surface area contributed by atoms with E-state index in [2.05, 4.69) is 10.2 Å². The Balaban J connectivity index is 1.80. The monoisotopic (exact) mass is 371 g/mol. The predicted molar refractivity (Wildman–Crippen MR) is 101 cm³/mol. The molecule has 7 heteroatoms. The minimum atomic E-state index is -0.497. The van der Waals surface area contributed by atoms with Crippen LogP contribution in [-0.4, -0.2) is 53.0 Å². The van der Waals surface area contributed by atoms with Crippen LogP contribution in [0.2, 0.25) is 0 Å². The number of methoxy groups -OCH3 is 1. The number of fused-ring (bicyclic) bond motifs is 1. The maximum atomic E-state index is 12.3. The van der Waals surface area contributed by atoms with Gasteiger partial charge < -0.3 is 14.4 Å². The van der Waals surface area contributed by atoms with Crippen LogP contribution in [0.15, 0.2) is 24.4 Å². The van der Waals surface area contributed by atoms with E-state index in [9.17, 15) is 9.59 Å². The number of aromatic nitrogens is 2. The van der Waals surface area contributed by atoms with Gasteiger partial charge >= 0.3 is 12.1 Å². The zero-order valence-corrected chi connectivity index (χ0v) is 16.2. The second-order valence-electron chi connectivity index (χ2n) is 7.73. The van der Waals surface area contributed by atoms with Gasteiger partial charge in [-0.05, 0) is 51.2 Å². The minimum absolute atomic E-state index is 0.245. The molecule has 1 aromatic heterocycles. The van der Waals surface area contributed by atoms with Crippen molar-refractivity contribution >= 4 is 23.0 Å². The number of ether oxygens (including phenoxy) is 2. The number of carbonyl (C=O) groups is 2. The van der Waals surface area contributed by atoms with Crippen LogP contribution in [0.1, 0.15) is 55.5 Å². The lowest BCUT2D eigenvalue weighted by Crippen LogP contribution is -2.41. The number of carbonyl (C=O) groups excluding carboxylic acids is 2. The second-order valence-corrected chi connectivity index (χ2v) is 7.73. The fourth-order valence-corrected chi connectivity index (χ4v) is 3.40. The molecule has 0 N–H and O–H groups in total. The molecule has 2 heterocycles. The Morgan fingerprint density at radius 3 is 2.52 bits per heavy atom. The molecule has 1 saturated heterocycles. The molecule has 2 aromatic rings. The molecule has 0 radical (unpaired) electrons. The van der Waals surface area contributed by atoms with Gasteiger partial charge in [0.2, 0.25) is 0 Å². The summed E-state index contributed by atoms with van der Waals surface area (Å²) < 4.78 is 10.3. The maximum absolute atomic E-state index is 12.3. The number of likely N-dealkylation sites (tertiary alicyclic amines) is 1. The van der Waals surface area contributed by atoms with E-state index in [0.717, 1.165) is 23.8 Å². The van der Waals surface area contributed by atoms with Crippen LogP contribution in [0.4, 0.5) is 4.79 Å². The summed E-state index contributed by atoms with van der Waals surface area (Å²) in [6, 6.07) is 5.47. The first-order chi connectivity index (χ1) is 12.8. The van der Waals surface area contributed by atoms with Gasteiger partial charge in [0.1, 0.15) is 11.1 Å². The molecule has 1 aliphatic heterocycles. The minimum Gasteiger partial charge on any atom is -0.465 e. The van der Waals surface area contributed by atoms with Crippen molar-refractivity contribution in [2.75, 3.05) is 20.2 Å². The van der Waals surface area contributed by atoms with Gasteiger partial charge in [0.05, 0.1) is 18.9 Å². The molecule has 27 heavy (non-hydrogen) atoms. The van der Waals surface area contributed by atoms with Gasteiger partial charge in [0.15, 0.2) is 0 Å². The number of hydrogen-bond donors (Lipinski definition) is 0. The van der Waals surface area contributed by atoms with Crippen molar-refractivity contribution in [3.05, 3.63) is 35.5 Å². The molecular weight excluding hydrogens is 346 g/mol. The van der Waals surface area contributed by atoms with E-state index >= 15 is 0 Å². The number of piperidine rings is 1. The van der Waals surface area contributed by atoms with Crippen LogP contribution in [0, 0.1) is 0 Å². The molecule has 3 rings (SSSR count). The van der Waals surface area contributed by atoms with Crippen LogP contribution in [0.3, 0.4) is 0 Å². The molecule has 0 spiro atoms. The van der Waals surface area contributed by atoms with Crippen molar-refractivity contribution in [3.8, 4) is 0 Å². The maximum Gasteiger partial charge on any atom is 0.410 e. The number of amides is 1. The summed E-state index contributed by atoms with van der Waals surface area (Å²) in [4.78, 5) is 26.0. The number of nitrogens with zero attached hydrogens (tertiary/aromatic N) is 3. The zero-order valence-electron chi connectivity index (χ0n) is 16.2. The van der Waals surface area contributed by atoms with Gasteiger partial charge in [-0.1, -0.05) is 12.1 Å². The van der Waals surface area contributed by atoms with Crippen LogP contribution < -0.4 is 0 Å². The first-order valence-corrected chi connectivity index (χ1v) is 9.10. The van der Waals surface area contributed by atoms with Gasteiger partial charge in [-0.15, -0.1) is 5.10 Å². The molecular formula is C20H25N3O4. The van der Waals surface area contributed by atoms with E-state index < -0.39 is 11.6 Å². The molecule has 144 valence electrons. The van der Waals surface area contributed by atoms with Crippen molar-refractivity contribution in [2.24, 2.45) is 0 Å². The van der Waals surface area contributed by atoms with Crippen LogP contribution in [0.5, 0.6) is 0 Å². The number of esters is 1. The summed E-state index contributed by atoms with van der Waals surface area (Å²) in [6.07, 6.45) is 3.11. The van der Waals surface area contributed by atoms with Gasteiger partial charge in [0, 0.05) is 18.5 Å². The van der Waals surface area contributed by atoms with E-state index in [0.29, 0.717) is 24.2 Å². The number of hydrogen-bond acceptors (Lipinski definition) is 6. The number of rotatable bonds is 2. The summed E-state index contributed by atoms with van der Waals surface area (Å²) >= 11 is 0. The van der Waals surface area contributed by atoms with E-state index in [1.807, 2.05) is 32.9 Å². The summed E-state index contributed by atoms with van der Waals surface area (Å²) in [5, 5.41) is 9.16. The highest BCUT2D eigenvalue weighted by atomic mass is 16.6. The third-order valence-corrected chi connectivity index (χ3v) is 4.69. The van der Waals surface area contributed by atoms with Crippen molar-refractivity contribution < 1.29 is 19.1 Å². The Kier molecular flexibility index (Phi) is 5.30. The second kappa shape index (κ2) is 7.50. The first-order valence-electron chi connectivity index (χ1n) is 9.10. The topological polar surface area (TPSA) is 81.6 Å². The molecule has 1 aromatic carbocycles. The zero-order chi connectivity index (χ0) is 19.6. The average molecular weight is 371 g/mol. The SMILES string of the molecule is COC(=O)c1cccc2c(C3CCN(C(=O)OC(C)(C)C)CC3)cnnc12. The van der Waals surface area contributed by atoms with Crippen LogP contribution >= 0.6 is 0 Å². The smallest absolute Gasteiger partial charge is 0.410 e. The summed E-state index contributed by atoms with van der Waals surface area (Å²) in [5.74, 6) is -0.179. The Hall–Kier alpha value is -2.70. The molecule has 7 nitrogen and oxygen atoms in total. The molecule has 0 aliphatic carbocycles. The quantitative estimate of drug-likeness (QED) is 0.751. The molecule has 1 amide bonds. The van der Waals surface area contributed by atoms with Gasteiger partial charge in [-0.2, -0.15) is 5.10 Å². The fraction of sp³-hybridized carbons (Fsp3) is 0.500. The number of benzene rings is 1. The lowest BCUT2D eigenvalue weighted by atomic mass is 9.88. The van der Waals surface area contributed by atoms with Gasteiger partial charge in [-0.25, -0.2) is 9.59 Å². The molecule has 1 aliphatic rings. The highest BCUT2D eigenvalue weighted by Gasteiger charge is 2.28. The Morgan fingerprint density at radius 2 is 1.89 bits per heavy atom. The summed E-state index contributed by atoms with van der Waals surface area (Å²) in [7, 11) is 1.35. The highest BCUT2D eigenvalue weighted by molar-refractivity contribution is 6.03. The van der Waals surface area contributed by atoms with E-state index in [1.165, 1.54) is 7.11 Å². The van der Waals surface area contributed by atoms with Gasteiger partial charge in [0.25, 0.3) is 0 Å². The van der Waals surface area contributed by atoms with E-state index in [-0.39, 0.29) is 12.0 Å². The van der Waals surface area contributed by atoms with E-state index in [4.69, 9.17) is 9.47 Å². The van der Waals surface area contributed by atoms with Crippen LogP contribution in [0.25, 0.3) is 10.9 Å². The average Bonchev–Trinajstić information content (AvgIpc) is 2.65. The van der Waals surface area contributed by atoms with E-state index in [1.54, 1.807) is 17.2 Å². The molecule has 1 fully saturated rings. The highest BCUT2D eigenvalue weighted by Crippen LogP contribution is 2.33. The Labute approximate surface area is 158 Å². The summed E-state index contributed by atoms with van der Waals surface area (Å²) in [5.41, 5.74) is 1.52. The van der Waals surface area contributed by atoms with Crippen molar-refractivity contribution in [1.29, 1.82) is 0 Å². The molecule has 0 bridgehead atoms. The standard InChI is InChI=1S/C20H25N3O4/c1-20(2,3)27-19(25)23-10-8-13(9-11-23)16-12-21-22-17-14(16)6-5-7-15(17)18(24)26-4/h5-7,12-13H,8-11H2,1-4H3. The molecule has 0 saturated carbocycles. The van der Waals surface area contributed by atoms with Crippen molar-refractivity contribution in [3.63, 3.8) is 0 Å². The first kappa shape index (κ1) is 19.1. The Morgan fingerprint density at radius 1 is 1.19 bits per heavy atom. The normalized spacial score (nSPS) is 15.6.